The van der Waals surface area contributed by atoms with Crippen LogP contribution in [0.4, 0.5) is 5.82 Å². The summed E-state index contributed by atoms with van der Waals surface area (Å²) in [4.78, 5) is 23.3. The third-order valence-electron chi connectivity index (χ3n) is 3.53. The molecule has 0 unspecified atom stereocenters. The van der Waals surface area contributed by atoms with Gasteiger partial charge in [0.1, 0.15) is 16.0 Å². The molecular weight excluding hydrogens is 371 g/mol. The highest BCUT2D eigenvalue weighted by Crippen LogP contribution is 2.31. The van der Waals surface area contributed by atoms with Crippen LogP contribution in [0.15, 0.2) is 12.1 Å². The summed E-state index contributed by atoms with van der Waals surface area (Å²) in [6.45, 7) is 5.10. The van der Waals surface area contributed by atoms with Gasteiger partial charge in [0.25, 0.3) is 5.91 Å². The molecule has 1 fully saturated rings. The molecule has 2 aromatic heterocycles. The van der Waals surface area contributed by atoms with Gasteiger partial charge in [-0.15, -0.1) is 11.3 Å². The Bertz CT molecular complexity index is 747. The van der Waals surface area contributed by atoms with Gasteiger partial charge in [0.05, 0.1) is 29.7 Å². The van der Waals surface area contributed by atoms with E-state index >= 15 is 0 Å². The second-order valence-electron chi connectivity index (χ2n) is 5.30. The number of morpholine rings is 1. The van der Waals surface area contributed by atoms with E-state index in [2.05, 4.69) is 20.2 Å². The fourth-order valence-electron chi connectivity index (χ4n) is 2.40. The van der Waals surface area contributed by atoms with Crippen molar-refractivity contribution in [2.24, 2.45) is 0 Å². The summed E-state index contributed by atoms with van der Waals surface area (Å²) in [6.07, 6.45) is 0. The van der Waals surface area contributed by atoms with Gasteiger partial charge in [-0.2, -0.15) is 0 Å². The van der Waals surface area contributed by atoms with E-state index in [4.69, 9.17) is 27.9 Å². The van der Waals surface area contributed by atoms with Gasteiger partial charge in [-0.1, -0.05) is 23.2 Å². The molecule has 1 aliphatic rings. The maximum absolute atomic E-state index is 12.2. The van der Waals surface area contributed by atoms with E-state index in [1.807, 2.05) is 13.0 Å². The summed E-state index contributed by atoms with van der Waals surface area (Å²) < 4.78 is 6.21. The first kappa shape index (κ1) is 17.4. The number of aryl methyl sites for hydroxylation is 1. The number of thiophene rings is 1. The Morgan fingerprint density at radius 1 is 1.33 bits per heavy atom. The molecule has 2 aromatic rings. The molecule has 24 heavy (non-hydrogen) atoms. The second-order valence-corrected chi connectivity index (χ2v) is 7.59. The third-order valence-corrected chi connectivity index (χ3v) is 5.02. The summed E-state index contributed by atoms with van der Waals surface area (Å²) >= 11 is 13.0. The highest BCUT2D eigenvalue weighted by atomic mass is 35.5. The van der Waals surface area contributed by atoms with Crippen molar-refractivity contribution in [1.82, 2.24) is 15.3 Å². The van der Waals surface area contributed by atoms with Gasteiger partial charge in [-0.3, -0.25) is 4.79 Å². The molecule has 0 aromatic carbocycles. The molecule has 1 amide bonds. The average molecular weight is 387 g/mol. The van der Waals surface area contributed by atoms with Crippen molar-refractivity contribution >= 4 is 46.3 Å². The van der Waals surface area contributed by atoms with Crippen molar-refractivity contribution in [2.75, 3.05) is 31.2 Å². The summed E-state index contributed by atoms with van der Waals surface area (Å²) in [5.74, 6) is 1.12. The number of carbonyl (C=O) groups excluding carboxylic acids is 1. The number of hydrogen-bond acceptors (Lipinski definition) is 6. The highest BCUT2D eigenvalue weighted by molar-refractivity contribution is 7.20. The number of aromatic nitrogens is 2. The predicted molar refractivity (Wildman–Crippen MR) is 95.3 cm³/mol. The minimum Gasteiger partial charge on any atom is -0.378 e. The van der Waals surface area contributed by atoms with E-state index in [0.717, 1.165) is 35.9 Å². The summed E-state index contributed by atoms with van der Waals surface area (Å²) in [6, 6.07) is 3.49. The molecule has 1 saturated heterocycles. The maximum atomic E-state index is 12.2. The number of amides is 1. The molecule has 0 saturated carbocycles. The van der Waals surface area contributed by atoms with E-state index in [1.54, 1.807) is 6.07 Å². The molecule has 0 spiro atoms. The normalized spacial score (nSPS) is 14.7. The standard InChI is InChI=1S/C15H16Cl2N4O2S/c1-9-6-13(21-2-4-23-5-3-21)20-12(19-9)8-18-15(22)10-7-11(16)24-14(10)17/h6-7H,2-5,8H2,1H3,(H,18,22). The largest absolute Gasteiger partial charge is 0.378 e. The Morgan fingerprint density at radius 2 is 2.08 bits per heavy atom. The number of ether oxygens (including phenoxy) is 1. The molecule has 1 N–H and O–H groups in total. The van der Waals surface area contributed by atoms with Crippen LogP contribution < -0.4 is 10.2 Å². The number of nitrogens with one attached hydrogen (secondary N) is 1. The van der Waals surface area contributed by atoms with E-state index < -0.39 is 0 Å². The number of nitrogens with zero attached hydrogens (tertiary/aromatic N) is 3. The average Bonchev–Trinajstić information content (AvgIpc) is 2.91. The minimum absolute atomic E-state index is 0.224. The molecular formula is C15H16Cl2N4O2S. The van der Waals surface area contributed by atoms with Crippen LogP contribution in [-0.2, 0) is 11.3 Å². The van der Waals surface area contributed by atoms with Gasteiger partial charge in [-0.05, 0) is 13.0 Å². The number of carbonyl (C=O) groups is 1. The molecule has 3 rings (SSSR count). The van der Waals surface area contributed by atoms with Gasteiger partial charge >= 0.3 is 0 Å². The molecule has 0 bridgehead atoms. The zero-order valence-electron chi connectivity index (χ0n) is 13.0. The lowest BCUT2D eigenvalue weighted by atomic mass is 10.3. The van der Waals surface area contributed by atoms with Crippen LogP contribution in [0.2, 0.25) is 8.67 Å². The SMILES string of the molecule is Cc1cc(N2CCOCC2)nc(CNC(=O)c2cc(Cl)sc2Cl)n1. The van der Waals surface area contributed by atoms with Crippen LogP contribution in [0, 0.1) is 6.92 Å². The number of hydrogen-bond donors (Lipinski definition) is 1. The molecule has 9 heteroatoms. The topological polar surface area (TPSA) is 67.3 Å². The van der Waals surface area contributed by atoms with Gasteiger partial charge < -0.3 is 15.0 Å². The Balaban J connectivity index is 1.69. The van der Waals surface area contributed by atoms with E-state index in [0.29, 0.717) is 33.3 Å². The lowest BCUT2D eigenvalue weighted by molar-refractivity contribution is 0.0950. The Morgan fingerprint density at radius 3 is 2.75 bits per heavy atom. The van der Waals surface area contributed by atoms with Crippen molar-refractivity contribution in [3.05, 3.63) is 37.9 Å². The Kier molecular flexibility index (Phi) is 5.55. The first-order chi connectivity index (χ1) is 11.5. The predicted octanol–water partition coefficient (Wildman–Crippen LogP) is 2.92. The molecule has 3 heterocycles. The van der Waals surface area contributed by atoms with Crippen LogP contribution >= 0.6 is 34.5 Å². The Labute approximate surface area is 153 Å². The second kappa shape index (κ2) is 7.65. The molecule has 6 nitrogen and oxygen atoms in total. The number of halogens is 2. The van der Waals surface area contributed by atoms with E-state index in [9.17, 15) is 4.79 Å². The van der Waals surface area contributed by atoms with Gasteiger partial charge in [0.2, 0.25) is 0 Å². The van der Waals surface area contributed by atoms with Gasteiger partial charge in [0, 0.05) is 24.8 Å². The third kappa shape index (κ3) is 4.16. The first-order valence-electron chi connectivity index (χ1n) is 7.43. The quantitative estimate of drug-likeness (QED) is 0.874. The van der Waals surface area contributed by atoms with Crippen molar-refractivity contribution in [1.29, 1.82) is 0 Å². The highest BCUT2D eigenvalue weighted by Gasteiger charge is 2.16. The zero-order valence-corrected chi connectivity index (χ0v) is 15.3. The van der Waals surface area contributed by atoms with Crippen LogP contribution in [0.25, 0.3) is 0 Å². The maximum Gasteiger partial charge on any atom is 0.254 e. The monoisotopic (exact) mass is 386 g/mol. The van der Waals surface area contributed by atoms with Gasteiger partial charge in [-0.25, -0.2) is 9.97 Å². The first-order valence-corrected chi connectivity index (χ1v) is 9.00. The van der Waals surface area contributed by atoms with Crippen LogP contribution in [-0.4, -0.2) is 42.2 Å². The molecule has 0 aliphatic carbocycles. The fraction of sp³-hybridized carbons (Fsp3) is 0.400. The van der Waals surface area contributed by atoms with Crippen molar-refractivity contribution in [3.63, 3.8) is 0 Å². The van der Waals surface area contributed by atoms with Crippen molar-refractivity contribution in [2.45, 2.75) is 13.5 Å². The van der Waals surface area contributed by atoms with Crippen LogP contribution in [0.3, 0.4) is 0 Å². The summed E-state index contributed by atoms with van der Waals surface area (Å²) in [5, 5.41) is 2.78. The van der Waals surface area contributed by atoms with E-state index in [-0.39, 0.29) is 12.5 Å². The molecule has 0 radical (unpaired) electrons. The van der Waals surface area contributed by atoms with E-state index in [1.165, 1.54) is 0 Å². The van der Waals surface area contributed by atoms with Crippen molar-refractivity contribution in [3.8, 4) is 0 Å². The summed E-state index contributed by atoms with van der Waals surface area (Å²) in [5.41, 5.74) is 1.22. The molecule has 128 valence electrons. The smallest absolute Gasteiger partial charge is 0.254 e. The lowest BCUT2D eigenvalue weighted by Gasteiger charge is -2.28. The van der Waals surface area contributed by atoms with Crippen LogP contribution in [0.5, 0.6) is 0 Å². The van der Waals surface area contributed by atoms with Gasteiger partial charge in [0.15, 0.2) is 0 Å². The molecule has 0 atom stereocenters. The summed E-state index contributed by atoms with van der Waals surface area (Å²) in [7, 11) is 0. The number of rotatable bonds is 4. The number of anilines is 1. The fourth-order valence-corrected chi connectivity index (χ4v) is 3.85. The van der Waals surface area contributed by atoms with Crippen molar-refractivity contribution < 1.29 is 9.53 Å². The minimum atomic E-state index is -0.291. The zero-order chi connectivity index (χ0) is 17.1. The molecule has 1 aliphatic heterocycles. The van der Waals surface area contributed by atoms with Crippen LogP contribution in [0.1, 0.15) is 21.9 Å². The Hall–Kier alpha value is -1.41. The lowest BCUT2D eigenvalue weighted by Crippen LogP contribution is -2.37.